The number of benzene rings is 2. The Bertz CT molecular complexity index is 763. The molecule has 118 valence electrons. The Morgan fingerprint density at radius 3 is 2.39 bits per heavy atom. The van der Waals surface area contributed by atoms with E-state index in [2.05, 4.69) is 26.6 Å². The highest BCUT2D eigenvalue weighted by Gasteiger charge is 2.09. The van der Waals surface area contributed by atoms with Crippen molar-refractivity contribution in [1.29, 1.82) is 0 Å². The summed E-state index contributed by atoms with van der Waals surface area (Å²) in [5.41, 5.74) is 0.926. The maximum absolute atomic E-state index is 12.8. The van der Waals surface area contributed by atoms with Crippen molar-refractivity contribution in [2.24, 2.45) is 0 Å². The molecule has 2 N–H and O–H groups in total. The minimum atomic E-state index is -0.523. The topological polar surface area (TPSA) is 58.2 Å². The van der Waals surface area contributed by atoms with Crippen LogP contribution in [0.1, 0.15) is 0 Å². The van der Waals surface area contributed by atoms with Gasteiger partial charge in [-0.1, -0.05) is 17.7 Å². The second kappa shape index (κ2) is 7.89. The fourth-order valence-electron chi connectivity index (χ4n) is 1.65. The van der Waals surface area contributed by atoms with Crippen molar-refractivity contribution in [2.75, 3.05) is 10.6 Å². The molecule has 0 aliphatic carbocycles. The highest BCUT2D eigenvalue weighted by molar-refractivity contribution is 9.12. The van der Waals surface area contributed by atoms with Crippen LogP contribution in [0.15, 0.2) is 59.1 Å². The highest BCUT2D eigenvalue weighted by atomic mass is 79.9. The third-order valence-electron chi connectivity index (χ3n) is 2.67. The zero-order valence-corrected chi connectivity index (χ0v) is 14.0. The molecule has 0 atom stereocenters. The summed E-state index contributed by atoms with van der Waals surface area (Å²) in [6.07, 6.45) is 1.09. The average molecular weight is 398 g/mol. The van der Waals surface area contributed by atoms with Crippen molar-refractivity contribution >= 4 is 50.7 Å². The smallest absolute Gasteiger partial charge is 0.262 e. The molecule has 7 heteroatoms. The summed E-state index contributed by atoms with van der Waals surface area (Å²) in [7, 11) is 0. The van der Waals surface area contributed by atoms with Gasteiger partial charge in [-0.3, -0.25) is 9.59 Å². The first-order chi connectivity index (χ1) is 10.9. The predicted octanol–water partition coefficient (Wildman–Crippen LogP) is 4.34. The van der Waals surface area contributed by atoms with Gasteiger partial charge in [-0.15, -0.1) is 0 Å². The number of amides is 2. The molecule has 0 aromatic heterocycles. The third kappa shape index (κ3) is 5.50. The van der Waals surface area contributed by atoms with Gasteiger partial charge in [-0.25, -0.2) is 4.39 Å². The molecular weight excluding hydrogens is 387 g/mol. The largest absolute Gasteiger partial charge is 0.322 e. The summed E-state index contributed by atoms with van der Waals surface area (Å²) in [5, 5.41) is 5.59. The zero-order valence-electron chi connectivity index (χ0n) is 11.6. The Labute approximate surface area is 145 Å². The highest BCUT2D eigenvalue weighted by Crippen LogP contribution is 2.17. The lowest BCUT2D eigenvalue weighted by Crippen LogP contribution is -2.15. The van der Waals surface area contributed by atoms with Crippen molar-refractivity contribution in [3.8, 4) is 0 Å². The molecule has 2 aromatic rings. The molecule has 0 radical (unpaired) electrons. The van der Waals surface area contributed by atoms with E-state index < -0.39 is 17.6 Å². The lowest BCUT2D eigenvalue weighted by Gasteiger charge is -2.05. The molecule has 0 saturated carbocycles. The Morgan fingerprint density at radius 2 is 1.74 bits per heavy atom. The summed E-state index contributed by atoms with van der Waals surface area (Å²) in [6, 6.07) is 11.9. The van der Waals surface area contributed by atoms with Crippen LogP contribution in [0.25, 0.3) is 0 Å². The van der Waals surface area contributed by atoms with Crippen molar-refractivity contribution in [3.05, 3.63) is 69.9 Å². The molecule has 0 aliphatic heterocycles. The fourth-order valence-corrected chi connectivity index (χ4v) is 2.15. The Hall–Kier alpha value is -2.18. The summed E-state index contributed by atoms with van der Waals surface area (Å²) in [6.45, 7) is 0. The van der Waals surface area contributed by atoms with Gasteiger partial charge in [0.05, 0.1) is 4.48 Å². The molecule has 0 bridgehead atoms. The van der Waals surface area contributed by atoms with Crippen molar-refractivity contribution in [1.82, 2.24) is 0 Å². The van der Waals surface area contributed by atoms with E-state index >= 15 is 0 Å². The second-order valence-electron chi connectivity index (χ2n) is 4.45. The van der Waals surface area contributed by atoms with Crippen LogP contribution in [-0.2, 0) is 9.59 Å². The van der Waals surface area contributed by atoms with E-state index in [0.29, 0.717) is 16.4 Å². The van der Waals surface area contributed by atoms with Gasteiger partial charge in [0.15, 0.2) is 0 Å². The summed E-state index contributed by atoms with van der Waals surface area (Å²) in [4.78, 5) is 23.8. The Kier molecular flexibility index (Phi) is 5.90. The van der Waals surface area contributed by atoms with Crippen LogP contribution in [0, 0.1) is 5.82 Å². The standard InChI is InChI=1S/C16H11BrClFN2O2/c17-14(16(23)21-13-3-1-2-10(18)8-13)9-15(22)20-12-6-4-11(19)5-7-12/h1-9H,(H,20,22)(H,21,23). The first kappa shape index (κ1) is 17.2. The fraction of sp³-hybridized carbons (Fsp3) is 0. The number of carbonyl (C=O) groups is 2. The number of halogens is 3. The van der Waals surface area contributed by atoms with E-state index in [1.54, 1.807) is 24.3 Å². The molecule has 0 spiro atoms. The van der Waals surface area contributed by atoms with E-state index in [0.717, 1.165) is 6.08 Å². The molecule has 0 fully saturated rings. The van der Waals surface area contributed by atoms with Gasteiger partial charge in [-0.2, -0.15) is 0 Å². The van der Waals surface area contributed by atoms with Crippen molar-refractivity contribution in [3.63, 3.8) is 0 Å². The van der Waals surface area contributed by atoms with E-state index in [-0.39, 0.29) is 4.48 Å². The van der Waals surface area contributed by atoms with Gasteiger partial charge in [0.25, 0.3) is 5.91 Å². The molecule has 2 amide bonds. The minimum absolute atomic E-state index is 0.0390. The molecule has 2 rings (SSSR count). The van der Waals surface area contributed by atoms with Crippen LogP contribution in [0.3, 0.4) is 0 Å². The molecule has 0 unspecified atom stereocenters. The lowest BCUT2D eigenvalue weighted by molar-refractivity contribution is -0.114. The average Bonchev–Trinajstić information content (AvgIpc) is 2.49. The van der Waals surface area contributed by atoms with Crippen LogP contribution < -0.4 is 10.6 Å². The van der Waals surface area contributed by atoms with Gasteiger partial charge in [-0.05, 0) is 58.4 Å². The monoisotopic (exact) mass is 396 g/mol. The predicted molar refractivity (Wildman–Crippen MR) is 92.1 cm³/mol. The molecule has 0 aliphatic rings. The van der Waals surface area contributed by atoms with Crippen LogP contribution in [0.5, 0.6) is 0 Å². The van der Waals surface area contributed by atoms with Gasteiger partial charge >= 0.3 is 0 Å². The van der Waals surface area contributed by atoms with Crippen LogP contribution in [-0.4, -0.2) is 11.8 Å². The quantitative estimate of drug-likeness (QED) is 0.754. The number of hydrogen-bond donors (Lipinski definition) is 2. The number of anilines is 2. The van der Waals surface area contributed by atoms with E-state index in [4.69, 9.17) is 11.6 Å². The van der Waals surface area contributed by atoms with Gasteiger partial charge in [0.1, 0.15) is 5.82 Å². The summed E-state index contributed by atoms with van der Waals surface area (Å²) >= 11 is 8.87. The minimum Gasteiger partial charge on any atom is -0.322 e. The SMILES string of the molecule is O=C(C=C(Br)C(=O)Nc1cccc(Cl)c1)Nc1ccc(F)cc1. The summed E-state index contributed by atoms with van der Waals surface area (Å²) in [5.74, 6) is -1.42. The number of hydrogen-bond acceptors (Lipinski definition) is 2. The number of nitrogens with one attached hydrogen (secondary N) is 2. The maximum atomic E-state index is 12.8. The van der Waals surface area contributed by atoms with E-state index in [9.17, 15) is 14.0 Å². The van der Waals surface area contributed by atoms with Crippen LogP contribution in [0.2, 0.25) is 5.02 Å². The van der Waals surface area contributed by atoms with Gasteiger partial charge in [0.2, 0.25) is 5.91 Å². The normalized spacial score (nSPS) is 11.0. The zero-order chi connectivity index (χ0) is 16.8. The van der Waals surface area contributed by atoms with E-state index in [1.165, 1.54) is 24.3 Å². The van der Waals surface area contributed by atoms with E-state index in [1.807, 2.05) is 0 Å². The first-order valence-electron chi connectivity index (χ1n) is 6.45. The van der Waals surface area contributed by atoms with Crippen LogP contribution in [0.4, 0.5) is 15.8 Å². The second-order valence-corrected chi connectivity index (χ2v) is 5.74. The molecule has 2 aromatic carbocycles. The Balaban J connectivity index is 1.99. The lowest BCUT2D eigenvalue weighted by atomic mass is 10.3. The molecular formula is C16H11BrClFN2O2. The van der Waals surface area contributed by atoms with Crippen molar-refractivity contribution < 1.29 is 14.0 Å². The van der Waals surface area contributed by atoms with Gasteiger partial charge < -0.3 is 10.6 Å². The summed E-state index contributed by atoms with van der Waals surface area (Å²) < 4.78 is 12.8. The first-order valence-corrected chi connectivity index (χ1v) is 7.62. The van der Waals surface area contributed by atoms with Crippen LogP contribution >= 0.6 is 27.5 Å². The molecule has 4 nitrogen and oxygen atoms in total. The molecule has 23 heavy (non-hydrogen) atoms. The maximum Gasteiger partial charge on any atom is 0.262 e. The number of carbonyl (C=O) groups excluding carboxylic acids is 2. The molecule has 0 saturated heterocycles. The Morgan fingerprint density at radius 1 is 1.04 bits per heavy atom. The van der Waals surface area contributed by atoms with Gasteiger partial charge in [0, 0.05) is 22.5 Å². The molecule has 0 heterocycles. The third-order valence-corrected chi connectivity index (χ3v) is 3.49. The van der Waals surface area contributed by atoms with Crippen molar-refractivity contribution in [2.45, 2.75) is 0 Å². The number of rotatable bonds is 4.